The number of nitrogens with zero attached hydrogens (tertiary/aromatic N) is 1. The fourth-order valence-corrected chi connectivity index (χ4v) is 4.48. The number of thioether (sulfide) groups is 1. The molecule has 3 N–H and O–H groups in total. The maximum atomic E-state index is 12.3. The summed E-state index contributed by atoms with van der Waals surface area (Å²) in [5.41, 5.74) is 8.90. The lowest BCUT2D eigenvalue weighted by Crippen LogP contribution is -2.21. The van der Waals surface area contributed by atoms with E-state index >= 15 is 0 Å². The van der Waals surface area contributed by atoms with Crippen molar-refractivity contribution in [2.75, 3.05) is 5.32 Å². The van der Waals surface area contributed by atoms with Crippen LogP contribution in [0.15, 0.2) is 40.7 Å². The number of aliphatic imine (C=N–C) groups is 1. The van der Waals surface area contributed by atoms with E-state index in [0.717, 1.165) is 39.9 Å². The van der Waals surface area contributed by atoms with Crippen molar-refractivity contribution in [3.63, 3.8) is 0 Å². The molecular formula is C17H17N3O2S2. The summed E-state index contributed by atoms with van der Waals surface area (Å²) in [5, 5.41) is 5.55. The molecule has 2 aromatic rings. The zero-order valence-electron chi connectivity index (χ0n) is 13.1. The normalized spacial score (nSPS) is 17.0. The molecule has 2 amide bonds. The summed E-state index contributed by atoms with van der Waals surface area (Å²) in [6.45, 7) is 2.06. The number of thiophene rings is 1. The number of hydrogen-bond donors (Lipinski definition) is 2. The summed E-state index contributed by atoms with van der Waals surface area (Å²) in [4.78, 5) is 27.5. The molecule has 1 aliphatic rings. The number of nitrogens with one attached hydrogen (secondary N) is 1. The Labute approximate surface area is 148 Å². The second kappa shape index (κ2) is 7.19. The van der Waals surface area contributed by atoms with Crippen molar-refractivity contribution in [1.29, 1.82) is 0 Å². The van der Waals surface area contributed by atoms with Crippen LogP contribution in [0.1, 0.15) is 18.9 Å². The molecule has 24 heavy (non-hydrogen) atoms. The summed E-state index contributed by atoms with van der Waals surface area (Å²) in [7, 11) is 0. The van der Waals surface area contributed by atoms with E-state index in [0.29, 0.717) is 0 Å². The number of nitrogens with two attached hydrogens (primary N) is 1. The lowest BCUT2D eigenvalue weighted by atomic mass is 10.0. The largest absolute Gasteiger partial charge is 0.378 e. The van der Waals surface area contributed by atoms with Gasteiger partial charge < -0.3 is 11.1 Å². The lowest BCUT2D eigenvalue weighted by Gasteiger charge is -2.09. The number of anilines is 1. The minimum absolute atomic E-state index is 0.0788. The first-order chi connectivity index (χ1) is 11.6. The minimum Gasteiger partial charge on any atom is -0.378 e. The summed E-state index contributed by atoms with van der Waals surface area (Å²) in [6, 6.07) is 10.1. The molecule has 0 aliphatic carbocycles. The Morgan fingerprint density at radius 2 is 2.08 bits per heavy atom. The van der Waals surface area contributed by atoms with E-state index in [-0.39, 0.29) is 23.4 Å². The number of benzene rings is 1. The van der Waals surface area contributed by atoms with Crippen molar-refractivity contribution in [3.05, 3.63) is 41.3 Å². The van der Waals surface area contributed by atoms with Gasteiger partial charge in [0.1, 0.15) is 5.25 Å². The first kappa shape index (κ1) is 16.7. The van der Waals surface area contributed by atoms with Gasteiger partial charge in [-0.15, -0.1) is 11.3 Å². The number of amides is 2. The molecule has 1 aliphatic heterocycles. The summed E-state index contributed by atoms with van der Waals surface area (Å²) in [5.74, 6) is -0.526. The number of rotatable bonds is 5. The third-order valence-corrected chi connectivity index (χ3v) is 5.64. The van der Waals surface area contributed by atoms with Crippen LogP contribution in [0.25, 0.3) is 11.1 Å². The Balaban J connectivity index is 1.73. The predicted octanol–water partition coefficient (Wildman–Crippen LogP) is 3.26. The molecule has 1 aromatic heterocycles. The third kappa shape index (κ3) is 3.52. The van der Waals surface area contributed by atoms with Crippen LogP contribution in [0.2, 0.25) is 0 Å². The fourth-order valence-electron chi connectivity index (χ4n) is 2.58. The van der Waals surface area contributed by atoms with Gasteiger partial charge in [0, 0.05) is 11.8 Å². The lowest BCUT2D eigenvalue weighted by molar-refractivity contribution is -0.121. The first-order valence-electron chi connectivity index (χ1n) is 7.58. The quantitative estimate of drug-likeness (QED) is 0.858. The van der Waals surface area contributed by atoms with E-state index in [1.807, 2.05) is 18.2 Å². The van der Waals surface area contributed by atoms with E-state index in [1.165, 1.54) is 11.3 Å². The van der Waals surface area contributed by atoms with Gasteiger partial charge in [-0.25, -0.2) is 0 Å². The van der Waals surface area contributed by atoms with Crippen molar-refractivity contribution in [1.82, 2.24) is 0 Å². The van der Waals surface area contributed by atoms with Gasteiger partial charge in [0.25, 0.3) is 5.91 Å². The van der Waals surface area contributed by atoms with Gasteiger partial charge in [-0.3, -0.25) is 9.59 Å². The first-order valence-corrected chi connectivity index (χ1v) is 9.34. The van der Waals surface area contributed by atoms with Crippen molar-refractivity contribution >= 4 is 45.1 Å². The second-order valence-electron chi connectivity index (χ2n) is 5.32. The Morgan fingerprint density at radius 3 is 2.71 bits per heavy atom. The molecule has 7 heteroatoms. The van der Waals surface area contributed by atoms with Crippen LogP contribution in [0.3, 0.4) is 0 Å². The number of carbonyl (C=O) groups excluding carboxylic acids is 2. The third-order valence-electron chi connectivity index (χ3n) is 3.71. The van der Waals surface area contributed by atoms with Crippen molar-refractivity contribution in [2.24, 2.45) is 10.7 Å². The van der Waals surface area contributed by atoms with Crippen molar-refractivity contribution in [3.8, 4) is 11.1 Å². The van der Waals surface area contributed by atoms with Gasteiger partial charge in [0.2, 0.25) is 5.91 Å². The van der Waals surface area contributed by atoms with Crippen LogP contribution in [0.4, 0.5) is 5.00 Å². The maximum absolute atomic E-state index is 12.3. The monoisotopic (exact) mass is 359 g/mol. The maximum Gasteiger partial charge on any atom is 0.262 e. The average molecular weight is 359 g/mol. The predicted molar refractivity (Wildman–Crippen MR) is 100 cm³/mol. The summed E-state index contributed by atoms with van der Waals surface area (Å²) < 4.78 is 0. The summed E-state index contributed by atoms with van der Waals surface area (Å²) >= 11 is 2.65. The van der Waals surface area contributed by atoms with Gasteiger partial charge in [-0.05, 0) is 23.1 Å². The molecule has 0 saturated carbocycles. The van der Waals surface area contributed by atoms with Gasteiger partial charge in [-0.2, -0.15) is 4.99 Å². The second-order valence-corrected chi connectivity index (χ2v) is 7.43. The van der Waals surface area contributed by atoms with Crippen LogP contribution in [0, 0.1) is 0 Å². The van der Waals surface area contributed by atoms with Crippen LogP contribution in [0.5, 0.6) is 0 Å². The smallest absolute Gasteiger partial charge is 0.262 e. The Kier molecular flexibility index (Phi) is 5.01. The molecule has 0 saturated heterocycles. The fraction of sp³-hybridized carbons (Fsp3) is 0.235. The number of carbonyl (C=O) groups is 2. The molecule has 2 heterocycles. The van der Waals surface area contributed by atoms with Gasteiger partial charge >= 0.3 is 0 Å². The topological polar surface area (TPSA) is 84.6 Å². The molecule has 0 spiro atoms. The highest BCUT2D eigenvalue weighted by atomic mass is 32.2. The van der Waals surface area contributed by atoms with E-state index in [2.05, 4.69) is 34.7 Å². The molecule has 5 nitrogen and oxygen atoms in total. The Morgan fingerprint density at radius 1 is 1.33 bits per heavy atom. The van der Waals surface area contributed by atoms with Crippen LogP contribution in [-0.2, 0) is 16.0 Å². The molecule has 3 rings (SSSR count). The molecule has 1 atom stereocenters. The van der Waals surface area contributed by atoms with Crippen LogP contribution in [-0.4, -0.2) is 22.2 Å². The number of amidine groups is 1. The minimum atomic E-state index is -0.511. The van der Waals surface area contributed by atoms with Crippen molar-refractivity contribution < 1.29 is 9.59 Å². The van der Waals surface area contributed by atoms with Crippen LogP contribution < -0.4 is 11.1 Å². The molecule has 0 bridgehead atoms. The molecule has 124 valence electrons. The molecule has 0 radical (unpaired) electrons. The highest BCUT2D eigenvalue weighted by molar-refractivity contribution is 8.15. The van der Waals surface area contributed by atoms with Crippen molar-refractivity contribution in [2.45, 2.75) is 25.0 Å². The van der Waals surface area contributed by atoms with E-state index in [4.69, 9.17) is 5.73 Å². The number of hydrogen-bond acceptors (Lipinski definition) is 5. The van der Waals surface area contributed by atoms with Gasteiger partial charge in [0.15, 0.2) is 5.17 Å². The average Bonchev–Trinajstić information content (AvgIpc) is 3.10. The van der Waals surface area contributed by atoms with E-state index in [1.54, 1.807) is 0 Å². The highest BCUT2D eigenvalue weighted by Gasteiger charge is 2.29. The molecule has 0 fully saturated rings. The van der Waals surface area contributed by atoms with Gasteiger partial charge in [0.05, 0.1) is 5.00 Å². The zero-order valence-corrected chi connectivity index (χ0v) is 14.7. The molecular weight excluding hydrogens is 342 g/mol. The SMILES string of the molecule is CCc1c(-c2ccccc2)csc1NC(=O)CC1SC(N)=NC1=O. The van der Waals surface area contributed by atoms with Crippen LogP contribution >= 0.6 is 23.1 Å². The molecule has 1 unspecified atom stereocenters. The van der Waals surface area contributed by atoms with E-state index in [9.17, 15) is 9.59 Å². The Bertz CT molecular complexity index is 799. The standard InChI is InChI=1S/C17H17N3O2S2/c1-2-11-12(10-6-4-3-5-7-10)9-23-16(11)19-14(21)8-13-15(22)20-17(18)24-13/h3-7,9,13H,2,8H2,1H3,(H,19,21)(H2,18,20,22). The Hall–Kier alpha value is -2.12. The zero-order chi connectivity index (χ0) is 17.1. The highest BCUT2D eigenvalue weighted by Crippen LogP contribution is 2.36. The van der Waals surface area contributed by atoms with Gasteiger partial charge in [-0.1, -0.05) is 49.0 Å². The van der Waals surface area contributed by atoms with E-state index < -0.39 is 5.25 Å². The summed E-state index contributed by atoms with van der Waals surface area (Å²) in [6.07, 6.45) is 0.895. The molecule has 1 aromatic carbocycles.